The molecule has 0 saturated carbocycles. The van der Waals surface area contributed by atoms with E-state index in [0.717, 1.165) is 11.6 Å². The molecule has 0 aliphatic rings. The summed E-state index contributed by atoms with van der Waals surface area (Å²) in [6.45, 7) is 1.88. The van der Waals surface area contributed by atoms with Crippen LogP contribution >= 0.6 is 11.3 Å². The highest BCUT2D eigenvalue weighted by molar-refractivity contribution is 7.07. The Bertz CT molecular complexity index is 569. The molecule has 6 heteroatoms. The average molecular weight is 315 g/mol. The SMILES string of the molecule is CCC(N)C(Oc1ccccc1C(F)(F)F)c1ccsc1. The fourth-order valence-corrected chi connectivity index (χ4v) is 2.68. The molecule has 0 bridgehead atoms. The van der Waals surface area contributed by atoms with Crippen molar-refractivity contribution in [1.82, 2.24) is 0 Å². The monoisotopic (exact) mass is 315 g/mol. The molecule has 0 saturated heterocycles. The predicted molar refractivity (Wildman–Crippen MR) is 77.4 cm³/mol. The van der Waals surface area contributed by atoms with Crippen molar-refractivity contribution in [2.75, 3.05) is 0 Å². The highest BCUT2D eigenvalue weighted by Crippen LogP contribution is 2.38. The summed E-state index contributed by atoms with van der Waals surface area (Å²) in [6.07, 6.45) is -4.44. The zero-order valence-electron chi connectivity index (χ0n) is 11.4. The number of halogens is 3. The fourth-order valence-electron chi connectivity index (χ4n) is 1.99. The molecule has 0 aliphatic heterocycles. The summed E-state index contributed by atoms with van der Waals surface area (Å²) in [6, 6.07) is 6.64. The molecule has 1 aromatic heterocycles. The maximum absolute atomic E-state index is 13.0. The Labute approximate surface area is 125 Å². The van der Waals surface area contributed by atoms with Crippen molar-refractivity contribution >= 4 is 11.3 Å². The minimum atomic E-state index is -4.45. The third-order valence-electron chi connectivity index (χ3n) is 3.18. The lowest BCUT2D eigenvalue weighted by atomic mass is 10.0. The van der Waals surface area contributed by atoms with Crippen LogP contribution in [0.1, 0.15) is 30.6 Å². The van der Waals surface area contributed by atoms with Gasteiger partial charge in [-0.05, 0) is 35.4 Å². The number of alkyl halides is 3. The first-order valence-corrected chi connectivity index (χ1v) is 7.48. The second-order valence-electron chi connectivity index (χ2n) is 4.66. The number of nitrogens with two attached hydrogens (primary N) is 1. The second kappa shape index (κ2) is 6.49. The van der Waals surface area contributed by atoms with Crippen LogP contribution in [0.3, 0.4) is 0 Å². The maximum Gasteiger partial charge on any atom is 0.419 e. The number of thiophene rings is 1. The average Bonchev–Trinajstić information content (AvgIpc) is 2.97. The van der Waals surface area contributed by atoms with Gasteiger partial charge in [-0.2, -0.15) is 24.5 Å². The molecule has 2 nitrogen and oxygen atoms in total. The number of hydrogen-bond acceptors (Lipinski definition) is 3. The molecule has 2 atom stereocenters. The van der Waals surface area contributed by atoms with Crippen LogP contribution in [0.25, 0.3) is 0 Å². The molecule has 0 spiro atoms. The fraction of sp³-hybridized carbons (Fsp3) is 0.333. The summed E-state index contributed by atoms with van der Waals surface area (Å²) in [5, 5.41) is 3.69. The van der Waals surface area contributed by atoms with Crippen molar-refractivity contribution in [3.8, 4) is 5.75 Å². The van der Waals surface area contributed by atoms with Gasteiger partial charge in [-0.15, -0.1) is 0 Å². The standard InChI is InChI=1S/C15H16F3NOS/c1-2-12(19)14(10-7-8-21-9-10)20-13-6-4-3-5-11(13)15(16,17)18/h3-9,12,14H,2,19H2,1H3. The van der Waals surface area contributed by atoms with E-state index >= 15 is 0 Å². The van der Waals surface area contributed by atoms with Crippen LogP contribution in [0.2, 0.25) is 0 Å². The van der Waals surface area contributed by atoms with Gasteiger partial charge in [-0.25, -0.2) is 0 Å². The van der Waals surface area contributed by atoms with Crippen LogP contribution < -0.4 is 10.5 Å². The molecule has 0 aliphatic carbocycles. The van der Waals surface area contributed by atoms with Crippen molar-refractivity contribution in [2.45, 2.75) is 31.7 Å². The number of ether oxygens (including phenoxy) is 1. The van der Waals surface area contributed by atoms with E-state index < -0.39 is 17.8 Å². The van der Waals surface area contributed by atoms with Gasteiger partial charge in [-0.3, -0.25) is 0 Å². The predicted octanol–water partition coefficient (Wildman–Crippen LogP) is 4.62. The van der Waals surface area contributed by atoms with Crippen LogP contribution in [-0.2, 0) is 6.18 Å². The van der Waals surface area contributed by atoms with Crippen molar-refractivity contribution in [2.24, 2.45) is 5.73 Å². The van der Waals surface area contributed by atoms with Crippen molar-refractivity contribution in [3.05, 3.63) is 52.2 Å². The molecular formula is C15H16F3NOS. The summed E-state index contributed by atoms with van der Waals surface area (Å²) in [5.41, 5.74) is 6.03. The van der Waals surface area contributed by atoms with E-state index in [2.05, 4.69) is 0 Å². The molecule has 0 radical (unpaired) electrons. The molecule has 21 heavy (non-hydrogen) atoms. The van der Waals surface area contributed by atoms with Crippen LogP contribution in [0.15, 0.2) is 41.1 Å². The van der Waals surface area contributed by atoms with E-state index in [1.807, 2.05) is 23.8 Å². The topological polar surface area (TPSA) is 35.2 Å². The third-order valence-corrected chi connectivity index (χ3v) is 3.88. The molecule has 0 fully saturated rings. The summed E-state index contributed by atoms with van der Waals surface area (Å²) in [7, 11) is 0. The van der Waals surface area contributed by atoms with Gasteiger partial charge >= 0.3 is 6.18 Å². The van der Waals surface area contributed by atoms with Gasteiger partial charge in [0.05, 0.1) is 5.56 Å². The van der Waals surface area contributed by atoms with Crippen LogP contribution in [0.4, 0.5) is 13.2 Å². The maximum atomic E-state index is 13.0. The minimum Gasteiger partial charge on any atom is -0.483 e. The molecule has 2 unspecified atom stereocenters. The number of hydrogen-bond donors (Lipinski definition) is 1. The summed E-state index contributed by atoms with van der Waals surface area (Å²) in [5.74, 6) is -0.190. The lowest BCUT2D eigenvalue weighted by molar-refractivity contribution is -0.139. The molecule has 2 rings (SSSR count). The van der Waals surface area contributed by atoms with Gasteiger partial charge in [0.2, 0.25) is 0 Å². The Hall–Kier alpha value is -1.53. The zero-order chi connectivity index (χ0) is 15.5. The molecule has 0 amide bonds. The van der Waals surface area contributed by atoms with E-state index in [0.29, 0.717) is 6.42 Å². The van der Waals surface area contributed by atoms with E-state index in [9.17, 15) is 13.2 Å². The molecule has 2 N–H and O–H groups in total. The highest BCUT2D eigenvalue weighted by Gasteiger charge is 2.35. The van der Waals surface area contributed by atoms with Crippen molar-refractivity contribution in [1.29, 1.82) is 0 Å². The van der Waals surface area contributed by atoms with E-state index in [1.165, 1.54) is 29.5 Å². The van der Waals surface area contributed by atoms with Gasteiger partial charge in [0, 0.05) is 11.6 Å². The lowest BCUT2D eigenvalue weighted by Crippen LogP contribution is -2.31. The van der Waals surface area contributed by atoms with E-state index in [-0.39, 0.29) is 11.8 Å². The summed E-state index contributed by atoms with van der Waals surface area (Å²) < 4.78 is 44.7. The lowest BCUT2D eigenvalue weighted by Gasteiger charge is -2.25. The molecule has 2 aromatic rings. The van der Waals surface area contributed by atoms with Crippen molar-refractivity contribution < 1.29 is 17.9 Å². The van der Waals surface area contributed by atoms with Crippen LogP contribution in [0, 0.1) is 0 Å². The third kappa shape index (κ3) is 3.77. The normalized spacial score (nSPS) is 14.7. The minimum absolute atomic E-state index is 0.190. The Kier molecular flexibility index (Phi) is 4.90. The quantitative estimate of drug-likeness (QED) is 0.873. The van der Waals surface area contributed by atoms with Gasteiger partial charge in [0.1, 0.15) is 11.9 Å². The first-order valence-electron chi connectivity index (χ1n) is 6.54. The summed E-state index contributed by atoms with van der Waals surface area (Å²) in [4.78, 5) is 0. The summed E-state index contributed by atoms with van der Waals surface area (Å²) >= 11 is 1.46. The molecule has 1 aromatic carbocycles. The zero-order valence-corrected chi connectivity index (χ0v) is 12.2. The smallest absolute Gasteiger partial charge is 0.419 e. The Morgan fingerprint density at radius 3 is 2.52 bits per heavy atom. The van der Waals surface area contributed by atoms with E-state index in [1.54, 1.807) is 0 Å². The largest absolute Gasteiger partial charge is 0.483 e. The number of benzene rings is 1. The first kappa shape index (κ1) is 15.9. The second-order valence-corrected chi connectivity index (χ2v) is 5.44. The Balaban J connectivity index is 2.34. The van der Waals surface area contributed by atoms with Crippen molar-refractivity contribution in [3.63, 3.8) is 0 Å². The van der Waals surface area contributed by atoms with Gasteiger partial charge < -0.3 is 10.5 Å². The number of para-hydroxylation sites is 1. The first-order chi connectivity index (χ1) is 9.93. The molecule has 1 heterocycles. The molecule has 114 valence electrons. The highest BCUT2D eigenvalue weighted by atomic mass is 32.1. The van der Waals surface area contributed by atoms with Gasteiger partial charge in [0.25, 0.3) is 0 Å². The Morgan fingerprint density at radius 1 is 1.24 bits per heavy atom. The van der Waals surface area contributed by atoms with Gasteiger partial charge in [-0.1, -0.05) is 19.1 Å². The van der Waals surface area contributed by atoms with E-state index in [4.69, 9.17) is 10.5 Å². The molecular weight excluding hydrogens is 299 g/mol. The number of rotatable bonds is 5. The van der Waals surface area contributed by atoms with Gasteiger partial charge in [0.15, 0.2) is 0 Å². The van der Waals surface area contributed by atoms with Crippen LogP contribution in [-0.4, -0.2) is 6.04 Å². The van der Waals surface area contributed by atoms with Crippen LogP contribution in [0.5, 0.6) is 5.75 Å². The Morgan fingerprint density at radius 2 is 1.95 bits per heavy atom.